The quantitative estimate of drug-likeness (QED) is 0.492. The highest BCUT2D eigenvalue weighted by Gasteiger charge is 2.02. The summed E-state index contributed by atoms with van der Waals surface area (Å²) in [5.41, 5.74) is 1.86. The van der Waals surface area contributed by atoms with Crippen LogP contribution in [0.5, 0.6) is 0 Å². The Labute approximate surface area is 101 Å². The first-order valence-electron chi connectivity index (χ1n) is 4.26. The van der Waals surface area contributed by atoms with Gasteiger partial charge >= 0.3 is 5.97 Å². The molecule has 0 fully saturated rings. The van der Waals surface area contributed by atoms with Gasteiger partial charge in [-0.15, -0.1) is 11.8 Å². The van der Waals surface area contributed by atoms with E-state index in [1.165, 1.54) is 0 Å². The fraction of sp³-hybridized carbons (Fsp3) is 0.222. The van der Waals surface area contributed by atoms with Crippen molar-refractivity contribution in [2.24, 2.45) is 5.84 Å². The highest BCUT2D eigenvalue weighted by Crippen LogP contribution is 2.22. The maximum atomic E-state index is 10.9. The fourth-order valence-corrected chi connectivity index (χ4v) is 2.37. The van der Waals surface area contributed by atoms with E-state index in [1.54, 1.807) is 11.8 Å². The lowest BCUT2D eigenvalue weighted by Crippen LogP contribution is -2.26. The highest BCUT2D eigenvalue weighted by molar-refractivity contribution is 9.10. The maximum absolute atomic E-state index is 10.9. The summed E-state index contributed by atoms with van der Waals surface area (Å²) in [4.78, 5) is 16.4. The third-order valence-electron chi connectivity index (χ3n) is 1.54. The first kappa shape index (κ1) is 12.5. The molecule has 0 bridgehead atoms. The van der Waals surface area contributed by atoms with E-state index in [0.717, 1.165) is 9.37 Å². The number of halogens is 1. The van der Waals surface area contributed by atoms with Gasteiger partial charge in [0.2, 0.25) is 0 Å². The van der Waals surface area contributed by atoms with Crippen LogP contribution in [0.25, 0.3) is 0 Å². The summed E-state index contributed by atoms with van der Waals surface area (Å²) in [6.07, 6.45) is 0.321. The molecular formula is C9H11BrN2O2S. The third-order valence-corrected chi connectivity index (χ3v) is 3.03. The Morgan fingerprint density at radius 2 is 2.40 bits per heavy atom. The minimum atomic E-state index is -0.361. The van der Waals surface area contributed by atoms with Crippen LogP contribution in [0, 0.1) is 0 Å². The van der Waals surface area contributed by atoms with Gasteiger partial charge in [0.25, 0.3) is 0 Å². The van der Waals surface area contributed by atoms with Crippen molar-refractivity contribution in [1.82, 2.24) is 5.59 Å². The number of nitrogens with two attached hydrogens (primary N) is 1. The molecule has 0 atom stereocenters. The number of hydrogen-bond donors (Lipinski definition) is 2. The molecule has 0 aromatic heterocycles. The Hall–Kier alpha value is -0.560. The van der Waals surface area contributed by atoms with Gasteiger partial charge < -0.3 is 4.84 Å². The SMILES string of the molecule is NNOC(=O)CCSc1cccc(Br)c1. The number of hydrazine groups is 1. The second-order valence-corrected chi connectivity index (χ2v) is 4.73. The fourth-order valence-electron chi connectivity index (χ4n) is 0.926. The number of hydrogen-bond acceptors (Lipinski definition) is 5. The minimum absolute atomic E-state index is 0.321. The molecule has 0 spiro atoms. The van der Waals surface area contributed by atoms with Crippen molar-refractivity contribution in [2.75, 3.05) is 5.75 Å². The van der Waals surface area contributed by atoms with Crippen LogP contribution in [-0.2, 0) is 9.63 Å². The molecule has 0 saturated carbocycles. The van der Waals surface area contributed by atoms with Gasteiger partial charge in [-0.1, -0.05) is 27.6 Å². The largest absolute Gasteiger partial charge is 0.356 e. The van der Waals surface area contributed by atoms with Crippen molar-refractivity contribution in [3.63, 3.8) is 0 Å². The Morgan fingerprint density at radius 3 is 3.07 bits per heavy atom. The third kappa shape index (κ3) is 5.17. The standard InChI is InChI=1S/C9H11BrN2O2S/c10-7-2-1-3-8(6-7)15-5-4-9(13)14-12-11/h1-3,6,12H,4-5,11H2. The van der Waals surface area contributed by atoms with Crippen LogP contribution in [0.3, 0.4) is 0 Å². The normalized spacial score (nSPS) is 10.0. The van der Waals surface area contributed by atoms with Crippen molar-refractivity contribution in [2.45, 2.75) is 11.3 Å². The van der Waals surface area contributed by atoms with E-state index in [0.29, 0.717) is 12.2 Å². The summed E-state index contributed by atoms with van der Waals surface area (Å²) in [6, 6.07) is 7.89. The van der Waals surface area contributed by atoms with E-state index in [4.69, 9.17) is 5.84 Å². The van der Waals surface area contributed by atoms with E-state index in [2.05, 4.69) is 20.8 Å². The van der Waals surface area contributed by atoms with Gasteiger partial charge in [0, 0.05) is 15.1 Å². The zero-order valence-electron chi connectivity index (χ0n) is 7.90. The average molecular weight is 291 g/mol. The second kappa shape index (κ2) is 6.84. The summed E-state index contributed by atoms with van der Waals surface area (Å²) in [5.74, 6) is 5.13. The maximum Gasteiger partial charge on any atom is 0.327 e. The molecule has 15 heavy (non-hydrogen) atoms. The Balaban J connectivity index is 2.28. The smallest absolute Gasteiger partial charge is 0.327 e. The molecule has 0 radical (unpaired) electrons. The van der Waals surface area contributed by atoms with Crippen molar-refractivity contribution < 1.29 is 9.63 Å². The lowest BCUT2D eigenvalue weighted by molar-refractivity contribution is -0.150. The first-order valence-corrected chi connectivity index (χ1v) is 6.04. The molecule has 1 aromatic carbocycles. The van der Waals surface area contributed by atoms with Gasteiger partial charge in [0.15, 0.2) is 0 Å². The van der Waals surface area contributed by atoms with Crippen LogP contribution < -0.4 is 11.4 Å². The van der Waals surface area contributed by atoms with Gasteiger partial charge in [-0.3, -0.25) is 4.79 Å². The van der Waals surface area contributed by atoms with Gasteiger partial charge in [-0.05, 0) is 18.2 Å². The van der Waals surface area contributed by atoms with E-state index >= 15 is 0 Å². The van der Waals surface area contributed by atoms with E-state index < -0.39 is 0 Å². The zero-order chi connectivity index (χ0) is 11.1. The molecule has 3 N–H and O–H groups in total. The number of carbonyl (C=O) groups is 1. The summed E-state index contributed by atoms with van der Waals surface area (Å²) >= 11 is 4.97. The summed E-state index contributed by atoms with van der Waals surface area (Å²) in [7, 11) is 0. The van der Waals surface area contributed by atoms with Crippen LogP contribution in [0.4, 0.5) is 0 Å². The molecule has 0 heterocycles. The summed E-state index contributed by atoms with van der Waals surface area (Å²) in [5, 5.41) is 0. The zero-order valence-corrected chi connectivity index (χ0v) is 10.3. The van der Waals surface area contributed by atoms with Crippen LogP contribution in [0.1, 0.15) is 6.42 Å². The van der Waals surface area contributed by atoms with E-state index in [9.17, 15) is 4.79 Å². The molecule has 6 heteroatoms. The number of carbonyl (C=O) groups excluding carboxylic acids is 1. The van der Waals surface area contributed by atoms with Crippen LogP contribution in [0.15, 0.2) is 33.6 Å². The lowest BCUT2D eigenvalue weighted by atomic mass is 10.4. The number of benzene rings is 1. The lowest BCUT2D eigenvalue weighted by Gasteiger charge is -2.02. The van der Waals surface area contributed by atoms with Crippen LogP contribution in [0.2, 0.25) is 0 Å². The number of thioether (sulfide) groups is 1. The molecule has 0 aliphatic carbocycles. The molecule has 0 saturated heterocycles. The van der Waals surface area contributed by atoms with Crippen LogP contribution >= 0.6 is 27.7 Å². The molecule has 0 aliphatic heterocycles. The average Bonchev–Trinajstić information content (AvgIpc) is 2.18. The molecule has 1 rings (SSSR count). The summed E-state index contributed by atoms with van der Waals surface area (Å²) in [6.45, 7) is 0. The second-order valence-electron chi connectivity index (χ2n) is 2.65. The van der Waals surface area contributed by atoms with E-state index in [1.807, 2.05) is 29.9 Å². The van der Waals surface area contributed by atoms with Gasteiger partial charge in [0.1, 0.15) is 0 Å². The van der Waals surface area contributed by atoms with Crippen molar-refractivity contribution >= 4 is 33.7 Å². The molecule has 4 nitrogen and oxygen atoms in total. The van der Waals surface area contributed by atoms with Crippen molar-refractivity contribution in [1.29, 1.82) is 0 Å². The predicted molar refractivity (Wildman–Crippen MR) is 62.9 cm³/mol. The van der Waals surface area contributed by atoms with Gasteiger partial charge in [0.05, 0.1) is 6.42 Å². The van der Waals surface area contributed by atoms with E-state index in [-0.39, 0.29) is 5.97 Å². The molecule has 0 amide bonds. The Morgan fingerprint density at radius 1 is 1.60 bits per heavy atom. The van der Waals surface area contributed by atoms with Crippen molar-refractivity contribution in [3.05, 3.63) is 28.7 Å². The molecule has 0 aliphatic rings. The van der Waals surface area contributed by atoms with Crippen LogP contribution in [-0.4, -0.2) is 11.7 Å². The molecule has 0 unspecified atom stereocenters. The monoisotopic (exact) mass is 290 g/mol. The Bertz CT molecular complexity index is 336. The first-order chi connectivity index (χ1) is 7.22. The minimum Gasteiger partial charge on any atom is -0.356 e. The number of rotatable bonds is 5. The molecule has 82 valence electrons. The summed E-state index contributed by atoms with van der Waals surface area (Å²) < 4.78 is 1.03. The van der Waals surface area contributed by atoms with Crippen molar-refractivity contribution in [3.8, 4) is 0 Å². The molecule has 1 aromatic rings. The van der Waals surface area contributed by atoms with Gasteiger partial charge in [-0.25, -0.2) is 5.84 Å². The number of nitrogens with one attached hydrogen (secondary N) is 1. The highest BCUT2D eigenvalue weighted by atomic mass is 79.9. The topological polar surface area (TPSA) is 64.3 Å². The predicted octanol–water partition coefficient (Wildman–Crippen LogP) is 1.85. The Kier molecular flexibility index (Phi) is 5.70. The van der Waals surface area contributed by atoms with Gasteiger partial charge in [-0.2, -0.15) is 0 Å². The molecular weight excluding hydrogens is 280 g/mol.